The molecule has 1 aliphatic heterocycles. The molecule has 1 aliphatic rings. The second-order valence-electron chi connectivity index (χ2n) is 9.46. The summed E-state index contributed by atoms with van der Waals surface area (Å²) in [6.07, 6.45) is -13.2. The number of nitrogens with zero attached hydrogens (tertiary/aromatic N) is 3. The fourth-order valence-corrected chi connectivity index (χ4v) is 4.72. The molecule has 1 fully saturated rings. The zero-order chi connectivity index (χ0) is 30.3. The molecule has 5 nitrogen and oxygen atoms in total. The third kappa shape index (κ3) is 6.75. The molecule has 220 valence electrons. The summed E-state index contributed by atoms with van der Waals surface area (Å²) in [5.41, 5.74) is -1.38. The fourth-order valence-electron chi connectivity index (χ4n) is 4.72. The Labute approximate surface area is 228 Å². The Morgan fingerprint density at radius 2 is 1.59 bits per heavy atom. The monoisotopic (exact) mass is 591 g/mol. The molecule has 0 N–H and O–H groups in total. The summed E-state index contributed by atoms with van der Waals surface area (Å²) in [7, 11) is 1.54. The van der Waals surface area contributed by atoms with Crippen molar-refractivity contribution in [2.24, 2.45) is 0 Å². The molecule has 0 radical (unpaired) electrons. The summed E-state index contributed by atoms with van der Waals surface area (Å²) in [5, 5.41) is 0. The number of halogens is 9. The first-order chi connectivity index (χ1) is 19.0. The third-order valence-electron chi connectivity index (χ3n) is 6.89. The van der Waals surface area contributed by atoms with Crippen molar-refractivity contribution in [2.75, 3.05) is 11.9 Å². The maximum Gasteiger partial charge on any atom is 0.573 e. The van der Waals surface area contributed by atoms with Gasteiger partial charge in [-0.1, -0.05) is 18.2 Å². The molecule has 1 amide bonds. The topological polar surface area (TPSA) is 45.7 Å². The van der Waals surface area contributed by atoms with Crippen molar-refractivity contribution >= 4 is 11.6 Å². The predicted molar refractivity (Wildman–Crippen MR) is 129 cm³/mol. The van der Waals surface area contributed by atoms with Crippen LogP contribution >= 0.6 is 0 Å². The van der Waals surface area contributed by atoms with Crippen molar-refractivity contribution in [3.63, 3.8) is 0 Å². The highest BCUT2D eigenvalue weighted by molar-refractivity contribution is 6.00. The molecule has 3 atom stereocenters. The van der Waals surface area contributed by atoms with Crippen molar-refractivity contribution in [3.05, 3.63) is 89.2 Å². The first kappa shape index (κ1) is 30.2. The third-order valence-corrected chi connectivity index (χ3v) is 6.89. The van der Waals surface area contributed by atoms with Crippen LogP contribution in [0.25, 0.3) is 0 Å². The smallest absolute Gasteiger partial charge is 0.406 e. The van der Waals surface area contributed by atoms with E-state index in [9.17, 15) is 44.3 Å². The van der Waals surface area contributed by atoms with Gasteiger partial charge in [0.25, 0.3) is 0 Å². The van der Waals surface area contributed by atoms with E-state index < -0.39 is 59.8 Å². The van der Waals surface area contributed by atoms with Crippen LogP contribution in [0.2, 0.25) is 0 Å². The quantitative estimate of drug-likeness (QED) is 0.278. The summed E-state index contributed by atoms with van der Waals surface area (Å²) in [6.45, 7) is 1.63. The van der Waals surface area contributed by atoms with Gasteiger partial charge in [-0.15, -0.1) is 13.2 Å². The molecule has 0 spiro atoms. The summed E-state index contributed by atoms with van der Waals surface area (Å²) in [6, 6.07) is 8.23. The van der Waals surface area contributed by atoms with Gasteiger partial charge >= 0.3 is 18.7 Å². The standard InChI is InChI=1S/C27H22F9N3O2/c1-15(17-6-11-23(37-14-17)26(31,32)33)38(2)22-13-21(16-4-3-5-20(12-16)41-27(34,35)36)39(24(22)40)19-9-7-18(8-10-19)25(28,29)30/h3-12,14-15,21-22H,13H2,1-2H3/t15?,21-,22?/m1/s1. The zero-order valence-electron chi connectivity index (χ0n) is 21.3. The van der Waals surface area contributed by atoms with Crippen molar-refractivity contribution in [1.82, 2.24) is 9.88 Å². The minimum Gasteiger partial charge on any atom is -0.406 e. The number of likely N-dealkylation sites (N-methyl/N-ethyl adjacent to an activating group) is 1. The predicted octanol–water partition coefficient (Wildman–Crippen LogP) is 7.56. The van der Waals surface area contributed by atoms with E-state index in [1.165, 1.54) is 23.1 Å². The lowest BCUT2D eigenvalue weighted by Crippen LogP contribution is -2.41. The Bertz CT molecular complexity index is 1370. The van der Waals surface area contributed by atoms with Gasteiger partial charge in [-0.05, 0) is 74.0 Å². The Morgan fingerprint density at radius 3 is 2.12 bits per heavy atom. The van der Waals surface area contributed by atoms with Crippen molar-refractivity contribution < 1.29 is 49.0 Å². The average Bonchev–Trinajstić information content (AvgIpc) is 3.23. The first-order valence-corrected chi connectivity index (χ1v) is 12.1. The van der Waals surface area contributed by atoms with Gasteiger partial charge in [0, 0.05) is 17.9 Å². The zero-order valence-corrected chi connectivity index (χ0v) is 21.3. The average molecular weight is 591 g/mol. The molecule has 14 heteroatoms. The van der Waals surface area contributed by atoms with E-state index in [1.54, 1.807) is 18.9 Å². The summed E-state index contributed by atoms with van der Waals surface area (Å²) >= 11 is 0. The van der Waals surface area contributed by atoms with Gasteiger partial charge < -0.3 is 9.64 Å². The fraction of sp³-hybridized carbons (Fsp3) is 0.333. The Kier molecular flexibility index (Phi) is 8.00. The van der Waals surface area contributed by atoms with Crippen molar-refractivity contribution in [1.29, 1.82) is 0 Å². The minimum absolute atomic E-state index is 0.00420. The van der Waals surface area contributed by atoms with E-state index in [-0.39, 0.29) is 17.7 Å². The molecule has 1 saturated heterocycles. The first-order valence-electron chi connectivity index (χ1n) is 12.1. The molecule has 4 rings (SSSR count). The van der Waals surface area contributed by atoms with Crippen LogP contribution in [0, 0.1) is 0 Å². The number of hydrogen-bond acceptors (Lipinski definition) is 4. The number of hydrogen-bond donors (Lipinski definition) is 0. The molecule has 2 aromatic carbocycles. The van der Waals surface area contributed by atoms with E-state index in [0.29, 0.717) is 5.56 Å². The van der Waals surface area contributed by atoms with E-state index >= 15 is 0 Å². The highest BCUT2D eigenvalue weighted by Gasteiger charge is 2.45. The van der Waals surface area contributed by atoms with Crippen LogP contribution in [0.3, 0.4) is 0 Å². The highest BCUT2D eigenvalue weighted by Crippen LogP contribution is 2.42. The second kappa shape index (κ2) is 10.9. The van der Waals surface area contributed by atoms with Crippen LogP contribution in [-0.4, -0.2) is 35.2 Å². The Morgan fingerprint density at radius 1 is 0.927 bits per heavy atom. The molecule has 41 heavy (non-hydrogen) atoms. The molecule has 2 unspecified atom stereocenters. The van der Waals surface area contributed by atoms with Crippen LogP contribution in [0.15, 0.2) is 66.9 Å². The van der Waals surface area contributed by atoms with E-state index in [2.05, 4.69) is 9.72 Å². The van der Waals surface area contributed by atoms with Gasteiger partial charge in [-0.3, -0.25) is 14.7 Å². The lowest BCUT2D eigenvalue weighted by molar-refractivity contribution is -0.274. The maximum atomic E-state index is 13.7. The molecule has 0 aliphatic carbocycles. The lowest BCUT2D eigenvalue weighted by atomic mass is 10.0. The molecule has 2 heterocycles. The highest BCUT2D eigenvalue weighted by atomic mass is 19.4. The van der Waals surface area contributed by atoms with Gasteiger partial charge in [0.15, 0.2) is 0 Å². The van der Waals surface area contributed by atoms with Crippen molar-refractivity contribution in [2.45, 2.75) is 50.2 Å². The molecule has 3 aromatic rings. The van der Waals surface area contributed by atoms with Gasteiger partial charge in [-0.2, -0.15) is 26.3 Å². The summed E-state index contributed by atoms with van der Waals surface area (Å²) in [5.74, 6) is -1.11. The molecular formula is C27H22F9N3O2. The number of alkyl halides is 9. The van der Waals surface area contributed by atoms with Gasteiger partial charge in [-0.25, -0.2) is 0 Å². The number of benzene rings is 2. The van der Waals surface area contributed by atoms with Gasteiger partial charge in [0.2, 0.25) is 5.91 Å². The Hall–Kier alpha value is -3.81. The van der Waals surface area contributed by atoms with Crippen LogP contribution in [-0.2, 0) is 17.1 Å². The van der Waals surface area contributed by atoms with Gasteiger partial charge in [0.05, 0.1) is 17.6 Å². The number of pyridine rings is 1. The molecular weight excluding hydrogens is 569 g/mol. The number of carbonyl (C=O) groups excluding carboxylic acids is 1. The van der Waals surface area contributed by atoms with Crippen molar-refractivity contribution in [3.8, 4) is 5.75 Å². The number of rotatable bonds is 6. The summed E-state index contributed by atoms with van der Waals surface area (Å²) in [4.78, 5) is 20.0. The second-order valence-corrected chi connectivity index (χ2v) is 9.46. The normalized spacial score (nSPS) is 19.1. The molecule has 0 bridgehead atoms. The number of aromatic nitrogens is 1. The minimum atomic E-state index is -4.98. The van der Waals surface area contributed by atoms with Crippen LogP contribution in [0.4, 0.5) is 45.2 Å². The SMILES string of the molecule is CC(c1ccc(C(F)(F)F)nc1)N(C)C1C[C@H](c2cccc(OC(F)(F)F)c2)N(c2ccc(C(F)(F)F)cc2)C1=O. The number of amides is 1. The maximum absolute atomic E-state index is 13.7. The van der Waals surface area contributed by atoms with Crippen LogP contribution in [0.1, 0.15) is 47.8 Å². The van der Waals surface area contributed by atoms with Crippen LogP contribution in [0.5, 0.6) is 5.75 Å². The molecule has 0 saturated carbocycles. The molecule has 1 aromatic heterocycles. The van der Waals surface area contributed by atoms with E-state index in [1.807, 2.05) is 0 Å². The number of ether oxygens (including phenoxy) is 1. The number of carbonyl (C=O) groups is 1. The van der Waals surface area contributed by atoms with E-state index in [4.69, 9.17) is 0 Å². The Balaban J connectivity index is 1.69. The van der Waals surface area contributed by atoms with E-state index in [0.717, 1.165) is 48.7 Å². The summed E-state index contributed by atoms with van der Waals surface area (Å²) < 4.78 is 121. The largest absolute Gasteiger partial charge is 0.573 e. The number of anilines is 1. The lowest BCUT2D eigenvalue weighted by Gasteiger charge is -2.30. The van der Waals surface area contributed by atoms with Gasteiger partial charge in [0.1, 0.15) is 11.4 Å². The van der Waals surface area contributed by atoms with Crippen LogP contribution < -0.4 is 9.64 Å².